The molecule has 0 aromatic carbocycles. The smallest absolute Gasteiger partial charge is 0.306 e. The van der Waals surface area contributed by atoms with Gasteiger partial charge < -0.3 is 19.7 Å². The summed E-state index contributed by atoms with van der Waals surface area (Å²) in [5.41, 5.74) is 0. The second-order valence-corrected chi connectivity index (χ2v) is 7.30. The van der Waals surface area contributed by atoms with Gasteiger partial charge in [-0.3, -0.25) is 9.59 Å². The lowest BCUT2D eigenvalue weighted by Gasteiger charge is -2.10. The van der Waals surface area contributed by atoms with Crippen LogP contribution >= 0.6 is 0 Å². The standard InChI is InChI=1S/C27H40O6/c1-3-4-5-6-13-16-19-25(29)20-17-14-11-9-7-8-10-12-15-18-21-27(31)33-23-26(30)22-32-24(2)28/h4-5,7-8,11-17,20,25-26,29-30H,3,6,9-10,18-19,21-23H2,1-2H3/b5-4-,8-7-,14-11-,15-12-,16-13-,20-17+/t25?,26-/m1/s1. The highest BCUT2D eigenvalue weighted by Gasteiger charge is 2.09. The predicted molar refractivity (Wildman–Crippen MR) is 132 cm³/mol. The number of hydrogen-bond donors (Lipinski definition) is 2. The number of aliphatic hydroxyl groups excluding tert-OH is 2. The van der Waals surface area contributed by atoms with Gasteiger partial charge in [-0.15, -0.1) is 0 Å². The van der Waals surface area contributed by atoms with Crippen LogP contribution in [0.15, 0.2) is 72.9 Å². The third-order valence-electron chi connectivity index (χ3n) is 4.11. The Morgan fingerprint density at radius 2 is 1.39 bits per heavy atom. The van der Waals surface area contributed by atoms with E-state index in [9.17, 15) is 19.8 Å². The van der Waals surface area contributed by atoms with E-state index in [4.69, 9.17) is 4.74 Å². The van der Waals surface area contributed by atoms with Crippen molar-refractivity contribution in [2.45, 2.75) is 71.0 Å². The van der Waals surface area contributed by atoms with Crippen molar-refractivity contribution in [3.8, 4) is 0 Å². The molecule has 0 rings (SSSR count). The monoisotopic (exact) mass is 460 g/mol. The average molecular weight is 461 g/mol. The Morgan fingerprint density at radius 3 is 2.09 bits per heavy atom. The second-order valence-electron chi connectivity index (χ2n) is 7.30. The molecular weight excluding hydrogens is 420 g/mol. The van der Waals surface area contributed by atoms with Gasteiger partial charge in [0.05, 0.1) is 6.10 Å². The lowest BCUT2D eigenvalue weighted by molar-refractivity contribution is -0.151. The molecular formula is C27H40O6. The predicted octanol–water partition coefficient (Wildman–Crippen LogP) is 4.90. The van der Waals surface area contributed by atoms with Crippen LogP contribution in [0.2, 0.25) is 0 Å². The van der Waals surface area contributed by atoms with E-state index < -0.39 is 24.1 Å². The van der Waals surface area contributed by atoms with Gasteiger partial charge in [-0.25, -0.2) is 0 Å². The third kappa shape index (κ3) is 23.8. The lowest BCUT2D eigenvalue weighted by atomic mass is 10.2. The van der Waals surface area contributed by atoms with Gasteiger partial charge in [-0.1, -0.05) is 79.8 Å². The van der Waals surface area contributed by atoms with Gasteiger partial charge in [0.25, 0.3) is 0 Å². The highest BCUT2D eigenvalue weighted by atomic mass is 16.6. The molecule has 0 amide bonds. The summed E-state index contributed by atoms with van der Waals surface area (Å²) in [6, 6.07) is 0. The Morgan fingerprint density at radius 1 is 0.788 bits per heavy atom. The van der Waals surface area contributed by atoms with Crippen LogP contribution in [0, 0.1) is 0 Å². The molecule has 0 aliphatic rings. The summed E-state index contributed by atoms with van der Waals surface area (Å²) in [6.07, 6.45) is 27.3. The summed E-state index contributed by atoms with van der Waals surface area (Å²) in [5.74, 6) is -0.891. The molecule has 6 nitrogen and oxygen atoms in total. The fourth-order valence-electron chi connectivity index (χ4n) is 2.39. The van der Waals surface area contributed by atoms with Crippen molar-refractivity contribution < 1.29 is 29.3 Å². The number of esters is 2. The van der Waals surface area contributed by atoms with E-state index in [0.717, 1.165) is 25.7 Å². The number of carbonyl (C=O) groups is 2. The molecule has 2 atom stereocenters. The average Bonchev–Trinajstić information content (AvgIpc) is 2.79. The second kappa shape index (κ2) is 22.5. The largest absolute Gasteiger partial charge is 0.463 e. The number of hydrogen-bond acceptors (Lipinski definition) is 6. The van der Waals surface area contributed by atoms with E-state index in [1.54, 1.807) is 6.08 Å². The molecule has 0 fully saturated rings. The Kier molecular flexibility index (Phi) is 20.7. The van der Waals surface area contributed by atoms with Gasteiger partial charge in [0.2, 0.25) is 0 Å². The zero-order valence-corrected chi connectivity index (χ0v) is 20.0. The molecule has 33 heavy (non-hydrogen) atoms. The Balaban J connectivity index is 3.76. The minimum absolute atomic E-state index is 0.183. The number of rotatable bonds is 18. The van der Waals surface area contributed by atoms with Crippen molar-refractivity contribution in [3.05, 3.63) is 72.9 Å². The van der Waals surface area contributed by atoms with E-state index in [1.807, 2.05) is 42.5 Å². The first-order valence-electron chi connectivity index (χ1n) is 11.5. The van der Waals surface area contributed by atoms with Crippen LogP contribution in [-0.4, -0.2) is 47.6 Å². The van der Waals surface area contributed by atoms with Gasteiger partial charge in [-0.2, -0.15) is 0 Å². The number of aliphatic hydroxyl groups is 2. The Hall–Kier alpha value is -2.70. The normalized spacial score (nSPS) is 14.4. The number of allylic oxidation sites excluding steroid dienone is 10. The van der Waals surface area contributed by atoms with Gasteiger partial charge in [-0.05, 0) is 38.5 Å². The zero-order valence-electron chi connectivity index (χ0n) is 20.0. The highest BCUT2D eigenvalue weighted by Crippen LogP contribution is 2.00. The number of carbonyl (C=O) groups excluding carboxylic acids is 2. The van der Waals surface area contributed by atoms with Gasteiger partial charge in [0, 0.05) is 13.3 Å². The van der Waals surface area contributed by atoms with E-state index in [-0.39, 0.29) is 19.6 Å². The first-order valence-corrected chi connectivity index (χ1v) is 11.5. The summed E-state index contributed by atoms with van der Waals surface area (Å²) in [6.45, 7) is 2.98. The summed E-state index contributed by atoms with van der Waals surface area (Å²) >= 11 is 0. The molecule has 6 heteroatoms. The van der Waals surface area contributed by atoms with Crippen molar-refractivity contribution in [1.29, 1.82) is 0 Å². The molecule has 184 valence electrons. The molecule has 0 radical (unpaired) electrons. The number of ether oxygens (including phenoxy) is 2. The van der Waals surface area contributed by atoms with Crippen LogP contribution in [-0.2, 0) is 19.1 Å². The van der Waals surface area contributed by atoms with Crippen LogP contribution < -0.4 is 0 Å². The fourth-order valence-corrected chi connectivity index (χ4v) is 2.39. The van der Waals surface area contributed by atoms with Crippen molar-refractivity contribution in [2.75, 3.05) is 13.2 Å². The molecule has 2 N–H and O–H groups in total. The van der Waals surface area contributed by atoms with Gasteiger partial charge >= 0.3 is 11.9 Å². The Bertz CT molecular complexity index is 685. The minimum atomic E-state index is -1.01. The first kappa shape index (κ1) is 30.3. The zero-order chi connectivity index (χ0) is 24.6. The van der Waals surface area contributed by atoms with E-state index >= 15 is 0 Å². The van der Waals surface area contributed by atoms with Crippen LogP contribution in [0.1, 0.15) is 58.8 Å². The molecule has 0 saturated heterocycles. The lowest BCUT2D eigenvalue weighted by Crippen LogP contribution is -2.24. The molecule has 0 aliphatic heterocycles. The van der Waals surface area contributed by atoms with Crippen molar-refractivity contribution in [2.24, 2.45) is 0 Å². The summed E-state index contributed by atoms with van der Waals surface area (Å²) in [4.78, 5) is 22.2. The van der Waals surface area contributed by atoms with Crippen molar-refractivity contribution in [3.63, 3.8) is 0 Å². The maximum atomic E-state index is 11.6. The fraction of sp³-hybridized carbons (Fsp3) is 0.481. The van der Waals surface area contributed by atoms with E-state index in [1.165, 1.54) is 6.92 Å². The van der Waals surface area contributed by atoms with E-state index in [2.05, 4.69) is 36.0 Å². The summed E-state index contributed by atoms with van der Waals surface area (Å²) in [5, 5.41) is 19.3. The minimum Gasteiger partial charge on any atom is -0.463 e. The van der Waals surface area contributed by atoms with Crippen LogP contribution in [0.25, 0.3) is 0 Å². The quantitative estimate of drug-likeness (QED) is 0.172. The Labute approximate surface area is 198 Å². The molecule has 0 spiro atoms. The highest BCUT2D eigenvalue weighted by molar-refractivity contribution is 5.69. The van der Waals surface area contributed by atoms with Crippen molar-refractivity contribution in [1.82, 2.24) is 0 Å². The van der Waals surface area contributed by atoms with Crippen LogP contribution in [0.3, 0.4) is 0 Å². The molecule has 0 aromatic heterocycles. The molecule has 0 heterocycles. The van der Waals surface area contributed by atoms with Gasteiger partial charge in [0.1, 0.15) is 19.3 Å². The first-order chi connectivity index (χ1) is 16.0. The van der Waals surface area contributed by atoms with Gasteiger partial charge in [0.15, 0.2) is 0 Å². The molecule has 0 aromatic rings. The van der Waals surface area contributed by atoms with Crippen LogP contribution in [0.5, 0.6) is 0 Å². The summed E-state index contributed by atoms with van der Waals surface area (Å²) in [7, 11) is 0. The topological polar surface area (TPSA) is 93.1 Å². The van der Waals surface area contributed by atoms with Crippen molar-refractivity contribution >= 4 is 11.9 Å². The summed E-state index contributed by atoms with van der Waals surface area (Å²) < 4.78 is 9.54. The molecule has 0 saturated carbocycles. The third-order valence-corrected chi connectivity index (χ3v) is 4.11. The molecule has 0 aliphatic carbocycles. The molecule has 0 bridgehead atoms. The van der Waals surface area contributed by atoms with E-state index in [0.29, 0.717) is 12.8 Å². The maximum absolute atomic E-state index is 11.6. The molecule has 1 unspecified atom stereocenters. The van der Waals surface area contributed by atoms with Crippen LogP contribution in [0.4, 0.5) is 0 Å². The maximum Gasteiger partial charge on any atom is 0.306 e. The SMILES string of the molecule is CC/C=C\C/C=C\CC(O)/C=C/C=C\C/C=C\C/C=C\CCC(=O)OC[C@H](O)COC(C)=O.